The number of aliphatic hydroxyl groups is 11. The highest BCUT2D eigenvalue weighted by Gasteiger charge is 2.54. The number of hydrogen-bond acceptors (Lipinski definition) is 18. The first-order chi connectivity index (χ1) is 47.8. The van der Waals surface area contributed by atoms with Crippen LogP contribution in [-0.4, -0.2) is 193 Å². The zero-order valence-corrected chi connectivity index (χ0v) is 60.8. The lowest BCUT2D eigenvalue weighted by molar-refractivity contribution is -0.379. The maximum Gasteiger partial charge on any atom is 0.220 e. The van der Waals surface area contributed by atoms with Crippen LogP contribution in [0.5, 0.6) is 0 Å². The van der Waals surface area contributed by atoms with Crippen molar-refractivity contribution in [2.45, 2.75) is 394 Å². The van der Waals surface area contributed by atoms with Crippen molar-refractivity contribution < 1.29 is 89.4 Å². The molecule has 3 rings (SSSR count). The molecule has 0 aliphatic carbocycles. The molecule has 0 spiro atoms. The Bertz CT molecular complexity index is 2050. The predicted molar refractivity (Wildman–Crippen MR) is 388 cm³/mol. The van der Waals surface area contributed by atoms with Crippen LogP contribution in [0, 0.1) is 0 Å². The van der Waals surface area contributed by atoms with Gasteiger partial charge < -0.3 is 89.9 Å². The number of nitrogens with one attached hydrogen (secondary N) is 1. The van der Waals surface area contributed by atoms with Crippen molar-refractivity contribution in [3.05, 3.63) is 72.9 Å². The van der Waals surface area contributed by atoms with Crippen LogP contribution in [0.3, 0.4) is 0 Å². The third-order valence-electron chi connectivity index (χ3n) is 19.3. The molecule has 3 fully saturated rings. The number of amides is 1. The van der Waals surface area contributed by atoms with Crippen molar-refractivity contribution in [1.82, 2.24) is 5.32 Å². The number of unbranched alkanes of at least 4 members (excludes halogenated alkanes) is 33. The summed E-state index contributed by atoms with van der Waals surface area (Å²) < 4.78 is 34.4. The van der Waals surface area contributed by atoms with E-state index in [1.54, 1.807) is 0 Å². The van der Waals surface area contributed by atoms with E-state index >= 15 is 0 Å². The van der Waals surface area contributed by atoms with E-state index in [9.17, 15) is 61.0 Å². The van der Waals surface area contributed by atoms with Crippen LogP contribution in [0.4, 0.5) is 0 Å². The minimum absolute atomic E-state index is 0.241. The highest BCUT2D eigenvalue weighted by molar-refractivity contribution is 5.76. The van der Waals surface area contributed by atoms with Crippen LogP contribution in [0.25, 0.3) is 0 Å². The molecule has 0 aromatic carbocycles. The number of carbonyl (C=O) groups is 1. The Morgan fingerprint density at radius 1 is 0.378 bits per heavy atom. The molecule has 0 saturated carbocycles. The fraction of sp³-hybridized carbons (Fsp3) is 0.835. The van der Waals surface area contributed by atoms with Crippen molar-refractivity contribution >= 4 is 5.91 Å². The van der Waals surface area contributed by atoms with Gasteiger partial charge in [0.05, 0.1) is 38.6 Å². The van der Waals surface area contributed by atoms with E-state index in [2.05, 4.69) is 92.1 Å². The van der Waals surface area contributed by atoms with Gasteiger partial charge in [0.1, 0.15) is 73.2 Å². The van der Waals surface area contributed by atoms with Crippen molar-refractivity contribution in [2.75, 3.05) is 26.4 Å². The first kappa shape index (κ1) is 89.4. The van der Waals surface area contributed by atoms with Gasteiger partial charge in [-0.3, -0.25) is 4.79 Å². The van der Waals surface area contributed by atoms with Gasteiger partial charge in [-0.25, -0.2) is 0 Å². The lowest BCUT2D eigenvalue weighted by atomic mass is 9.96. The molecule has 19 heteroatoms. The number of carbonyl (C=O) groups excluding carboxylic acids is 1. The van der Waals surface area contributed by atoms with E-state index in [0.29, 0.717) is 12.8 Å². The zero-order valence-electron chi connectivity index (χ0n) is 60.8. The normalized spacial score (nSPS) is 27.1. The minimum Gasteiger partial charge on any atom is -0.394 e. The number of hydrogen-bond donors (Lipinski definition) is 12. The molecule has 3 saturated heterocycles. The molecule has 3 heterocycles. The second-order valence-electron chi connectivity index (χ2n) is 27.8. The predicted octanol–water partition coefficient (Wildman–Crippen LogP) is 12.4. The summed E-state index contributed by atoms with van der Waals surface area (Å²) in [6.07, 6.45) is 50.2. The summed E-state index contributed by atoms with van der Waals surface area (Å²) in [5, 5.41) is 121. The maximum atomic E-state index is 13.4. The molecule has 0 radical (unpaired) electrons. The fourth-order valence-electron chi connectivity index (χ4n) is 13.0. The highest BCUT2D eigenvalue weighted by atomic mass is 16.8. The number of ether oxygens (including phenoxy) is 6. The summed E-state index contributed by atoms with van der Waals surface area (Å²) in [5.41, 5.74) is 0. The third-order valence-corrected chi connectivity index (χ3v) is 19.3. The standard InChI is InChI=1S/C79H141NO18/c1-3-5-7-9-11-13-15-17-18-19-20-21-22-23-24-25-26-27-28-29-30-31-32-33-34-35-36-37-38-39-40-41-42-43-44-45-47-49-51-53-55-57-67(85)80-62(63(84)56-54-52-50-48-46-16-14-12-10-8-6-4-2)61-93-77-73(91)70(88)75(65(59-82)95-77)98-79-74(92)71(89)76(66(60-83)96-79)97-78-72(90)69(87)68(86)64(58-81)94-78/h5,7,11,13,17-18,20-21,23-24,26-27,62-66,68-79,81-84,86-92H,3-4,6,8-10,12,14-16,19,22,25,28-61H2,1-2H3,(H,80,85)/b7-5-,13-11-,18-17-,21-20-,24-23-,27-26-. The molecule has 1 amide bonds. The van der Waals surface area contributed by atoms with Crippen molar-refractivity contribution in [1.29, 1.82) is 0 Å². The van der Waals surface area contributed by atoms with E-state index < -0.39 is 124 Å². The molecule has 0 aromatic heterocycles. The lowest BCUT2D eigenvalue weighted by Crippen LogP contribution is -2.66. The monoisotopic (exact) mass is 1390 g/mol. The minimum atomic E-state index is -1.97. The van der Waals surface area contributed by atoms with Crippen LogP contribution in [0.1, 0.15) is 290 Å². The van der Waals surface area contributed by atoms with E-state index in [4.69, 9.17) is 28.4 Å². The van der Waals surface area contributed by atoms with Crippen LogP contribution in [0.15, 0.2) is 72.9 Å². The summed E-state index contributed by atoms with van der Waals surface area (Å²) in [4.78, 5) is 13.4. The van der Waals surface area contributed by atoms with Crippen LogP contribution >= 0.6 is 0 Å². The van der Waals surface area contributed by atoms with Crippen molar-refractivity contribution in [3.8, 4) is 0 Å². The van der Waals surface area contributed by atoms with E-state index in [1.807, 2.05) is 0 Å². The molecule has 12 N–H and O–H groups in total. The second kappa shape index (κ2) is 59.6. The van der Waals surface area contributed by atoms with Gasteiger partial charge in [0.25, 0.3) is 0 Å². The molecule has 19 nitrogen and oxygen atoms in total. The average Bonchev–Trinajstić information content (AvgIpc) is 0.785. The number of allylic oxidation sites excluding steroid dienone is 12. The van der Waals surface area contributed by atoms with Crippen molar-refractivity contribution in [2.24, 2.45) is 0 Å². The zero-order chi connectivity index (χ0) is 71.1. The van der Waals surface area contributed by atoms with E-state index in [-0.39, 0.29) is 18.9 Å². The second-order valence-corrected chi connectivity index (χ2v) is 27.8. The van der Waals surface area contributed by atoms with Crippen LogP contribution in [-0.2, 0) is 33.2 Å². The first-order valence-corrected chi connectivity index (χ1v) is 39.2. The van der Waals surface area contributed by atoms with Crippen LogP contribution < -0.4 is 5.32 Å². The topological polar surface area (TPSA) is 307 Å². The molecule has 17 atom stereocenters. The van der Waals surface area contributed by atoms with Gasteiger partial charge in [0, 0.05) is 6.42 Å². The molecule has 570 valence electrons. The Balaban J connectivity index is 1.26. The summed E-state index contributed by atoms with van der Waals surface area (Å²) in [7, 11) is 0. The largest absolute Gasteiger partial charge is 0.394 e. The number of rotatable bonds is 61. The van der Waals surface area contributed by atoms with Crippen LogP contribution in [0.2, 0.25) is 0 Å². The van der Waals surface area contributed by atoms with Crippen molar-refractivity contribution in [3.63, 3.8) is 0 Å². The van der Waals surface area contributed by atoms with Gasteiger partial charge in [-0.15, -0.1) is 0 Å². The Morgan fingerprint density at radius 3 is 1.10 bits per heavy atom. The van der Waals surface area contributed by atoms with Gasteiger partial charge in [-0.2, -0.15) is 0 Å². The molecule has 3 aliphatic heterocycles. The summed E-state index contributed by atoms with van der Waals surface area (Å²) in [6.45, 7) is 1.69. The molecule has 17 unspecified atom stereocenters. The molecule has 0 aromatic rings. The quantitative estimate of drug-likeness (QED) is 0.0199. The summed E-state index contributed by atoms with van der Waals surface area (Å²) >= 11 is 0. The van der Waals surface area contributed by atoms with Gasteiger partial charge >= 0.3 is 0 Å². The Labute approximate surface area is 591 Å². The Morgan fingerprint density at radius 2 is 0.704 bits per heavy atom. The maximum absolute atomic E-state index is 13.4. The van der Waals surface area contributed by atoms with Gasteiger partial charge in [-0.1, -0.05) is 292 Å². The summed E-state index contributed by atoms with van der Waals surface area (Å²) in [6, 6.07) is -0.886. The van der Waals surface area contributed by atoms with Gasteiger partial charge in [0.2, 0.25) is 5.91 Å². The van der Waals surface area contributed by atoms with Gasteiger partial charge in [0.15, 0.2) is 18.9 Å². The van der Waals surface area contributed by atoms with E-state index in [0.717, 1.165) is 83.5 Å². The molecule has 98 heavy (non-hydrogen) atoms. The average molecular weight is 1390 g/mol. The molecular formula is C79H141NO18. The first-order valence-electron chi connectivity index (χ1n) is 39.2. The third kappa shape index (κ3) is 39.8. The lowest BCUT2D eigenvalue weighted by Gasteiger charge is -2.48. The Hall–Kier alpha value is -2.77. The highest BCUT2D eigenvalue weighted by Crippen LogP contribution is 2.33. The fourth-order valence-corrected chi connectivity index (χ4v) is 13.0. The van der Waals surface area contributed by atoms with Gasteiger partial charge in [-0.05, 0) is 64.2 Å². The smallest absolute Gasteiger partial charge is 0.220 e. The Kier molecular flexibility index (Phi) is 54.4. The molecule has 0 bridgehead atoms. The van der Waals surface area contributed by atoms with E-state index in [1.165, 1.54) is 173 Å². The molecular weight excluding hydrogens is 1250 g/mol. The summed E-state index contributed by atoms with van der Waals surface area (Å²) in [5.74, 6) is -0.241. The SMILES string of the molecule is CC/C=C\C/C=C\C/C=C\C/C=C\C/C=C\C/C=C\CCCCCCCCCCCCCCCCCCCCCCCCC(=O)NC(COC1OC(CO)C(OC2OC(CO)C(OC3OC(CO)C(O)C(O)C3O)C(O)C2O)C(O)C1O)C(O)CCCCCCCCCCCCCC. The number of aliphatic hydroxyl groups excluding tert-OH is 11. The molecule has 3 aliphatic rings.